The molecule has 2 amide bonds. The lowest BCUT2D eigenvalue weighted by Crippen LogP contribution is -2.45. The van der Waals surface area contributed by atoms with Crippen LogP contribution in [0.2, 0.25) is 0 Å². The van der Waals surface area contributed by atoms with Crippen LogP contribution in [-0.4, -0.2) is 34.8 Å². The smallest absolute Gasteiger partial charge is 0.225 e. The van der Waals surface area contributed by atoms with E-state index in [9.17, 15) is 9.59 Å². The van der Waals surface area contributed by atoms with Crippen molar-refractivity contribution in [2.75, 3.05) is 6.54 Å². The zero-order valence-electron chi connectivity index (χ0n) is 12.4. The molecule has 2 aliphatic rings. The van der Waals surface area contributed by atoms with Gasteiger partial charge in [0.1, 0.15) is 0 Å². The lowest BCUT2D eigenvalue weighted by atomic mass is 9.94. The second-order valence-electron chi connectivity index (χ2n) is 6.98. The summed E-state index contributed by atoms with van der Waals surface area (Å²) in [6.07, 6.45) is 6.32. The van der Waals surface area contributed by atoms with Gasteiger partial charge in [-0.1, -0.05) is 19.3 Å². The van der Waals surface area contributed by atoms with Crippen molar-refractivity contribution in [2.45, 2.75) is 70.9 Å². The van der Waals surface area contributed by atoms with Crippen LogP contribution in [0.15, 0.2) is 0 Å². The highest BCUT2D eigenvalue weighted by Gasteiger charge is 2.38. The Kier molecular flexibility index (Phi) is 4.16. The first-order valence-electron chi connectivity index (χ1n) is 7.48. The van der Waals surface area contributed by atoms with E-state index >= 15 is 0 Å². The molecule has 0 aromatic rings. The maximum Gasteiger partial charge on any atom is 0.225 e. The van der Waals surface area contributed by atoms with Crippen LogP contribution in [0.1, 0.15) is 59.3 Å². The maximum absolute atomic E-state index is 12.1. The third-order valence-corrected chi connectivity index (χ3v) is 4.04. The lowest BCUT2D eigenvalue weighted by Gasteiger charge is -2.31. The van der Waals surface area contributed by atoms with Crippen LogP contribution in [0, 0.1) is 5.92 Å². The van der Waals surface area contributed by atoms with Crippen molar-refractivity contribution in [1.82, 2.24) is 10.2 Å². The summed E-state index contributed by atoms with van der Waals surface area (Å²) in [5.74, 6) is 0.0359. The van der Waals surface area contributed by atoms with Crippen LogP contribution in [0.5, 0.6) is 0 Å². The van der Waals surface area contributed by atoms with Gasteiger partial charge in [-0.15, -0.1) is 0 Å². The molecule has 0 spiro atoms. The monoisotopic (exact) mass is 266 g/mol. The number of hydrogen-bond acceptors (Lipinski definition) is 2. The van der Waals surface area contributed by atoms with E-state index in [0.29, 0.717) is 19.0 Å². The lowest BCUT2D eigenvalue weighted by molar-refractivity contribution is -0.131. The molecule has 0 bridgehead atoms. The Morgan fingerprint density at radius 1 is 1.21 bits per heavy atom. The topological polar surface area (TPSA) is 49.4 Å². The van der Waals surface area contributed by atoms with Gasteiger partial charge in [-0.05, 0) is 33.6 Å². The largest absolute Gasteiger partial charge is 0.351 e. The van der Waals surface area contributed by atoms with Gasteiger partial charge < -0.3 is 10.2 Å². The molecule has 2 rings (SSSR count). The number of nitrogens with zero attached hydrogens (tertiary/aromatic N) is 1. The summed E-state index contributed by atoms with van der Waals surface area (Å²) in [4.78, 5) is 26.2. The molecular formula is C15H26N2O2. The van der Waals surface area contributed by atoms with Crippen LogP contribution >= 0.6 is 0 Å². The van der Waals surface area contributed by atoms with Gasteiger partial charge in [-0.25, -0.2) is 0 Å². The van der Waals surface area contributed by atoms with E-state index in [4.69, 9.17) is 0 Å². The number of carbonyl (C=O) groups excluding carboxylic acids is 2. The summed E-state index contributed by atoms with van der Waals surface area (Å²) in [6.45, 7) is 6.53. The van der Waals surface area contributed by atoms with Gasteiger partial charge in [0, 0.05) is 24.5 Å². The van der Waals surface area contributed by atoms with Gasteiger partial charge in [0.15, 0.2) is 0 Å². The van der Waals surface area contributed by atoms with Crippen molar-refractivity contribution in [2.24, 2.45) is 5.92 Å². The number of nitrogens with one attached hydrogen (secondary N) is 1. The fraction of sp³-hybridized carbons (Fsp3) is 0.867. The van der Waals surface area contributed by atoms with Crippen LogP contribution in [-0.2, 0) is 9.59 Å². The Labute approximate surface area is 115 Å². The molecule has 108 valence electrons. The van der Waals surface area contributed by atoms with E-state index in [1.807, 2.05) is 25.7 Å². The second-order valence-corrected chi connectivity index (χ2v) is 6.98. The molecule has 1 aliphatic carbocycles. The van der Waals surface area contributed by atoms with E-state index in [0.717, 1.165) is 12.8 Å². The molecule has 2 fully saturated rings. The third-order valence-electron chi connectivity index (χ3n) is 4.04. The minimum absolute atomic E-state index is 0.0270. The first kappa shape index (κ1) is 14.4. The van der Waals surface area contributed by atoms with E-state index in [1.54, 1.807) is 0 Å². The fourth-order valence-corrected chi connectivity index (χ4v) is 3.12. The van der Waals surface area contributed by atoms with Crippen molar-refractivity contribution >= 4 is 11.8 Å². The molecule has 19 heavy (non-hydrogen) atoms. The minimum atomic E-state index is -0.224. The number of carbonyl (C=O) groups is 2. The average Bonchev–Trinajstić information content (AvgIpc) is 2.70. The highest BCUT2D eigenvalue weighted by Crippen LogP contribution is 2.28. The van der Waals surface area contributed by atoms with Crippen molar-refractivity contribution in [1.29, 1.82) is 0 Å². The Balaban J connectivity index is 1.93. The molecule has 0 radical (unpaired) electrons. The molecule has 1 saturated carbocycles. The minimum Gasteiger partial charge on any atom is -0.351 e. The average molecular weight is 266 g/mol. The van der Waals surface area contributed by atoms with Gasteiger partial charge >= 0.3 is 0 Å². The molecule has 4 heteroatoms. The SMILES string of the molecule is CC(C)(C)NC(=O)[C@@H]1CC(=O)N(C2CCCCC2)C1. The molecule has 1 atom stereocenters. The van der Waals surface area contributed by atoms with E-state index in [1.165, 1.54) is 19.3 Å². The molecule has 1 N–H and O–H groups in total. The van der Waals surface area contributed by atoms with Crippen LogP contribution < -0.4 is 5.32 Å². The Morgan fingerprint density at radius 3 is 2.42 bits per heavy atom. The highest BCUT2D eigenvalue weighted by molar-refractivity contribution is 5.89. The maximum atomic E-state index is 12.1. The van der Waals surface area contributed by atoms with Crippen molar-refractivity contribution in [3.63, 3.8) is 0 Å². The molecular weight excluding hydrogens is 240 g/mol. The van der Waals surface area contributed by atoms with Gasteiger partial charge in [-0.2, -0.15) is 0 Å². The highest BCUT2D eigenvalue weighted by atomic mass is 16.2. The summed E-state index contributed by atoms with van der Waals surface area (Å²) in [5, 5.41) is 2.99. The molecule has 0 aromatic carbocycles. The Morgan fingerprint density at radius 2 is 1.84 bits per heavy atom. The van der Waals surface area contributed by atoms with Gasteiger partial charge in [0.25, 0.3) is 0 Å². The zero-order valence-corrected chi connectivity index (χ0v) is 12.4. The van der Waals surface area contributed by atoms with Crippen LogP contribution in [0.3, 0.4) is 0 Å². The zero-order chi connectivity index (χ0) is 14.0. The second kappa shape index (κ2) is 5.51. The van der Waals surface area contributed by atoms with E-state index in [2.05, 4.69) is 5.32 Å². The van der Waals surface area contributed by atoms with Gasteiger partial charge in [0.2, 0.25) is 11.8 Å². The quantitative estimate of drug-likeness (QED) is 0.832. The van der Waals surface area contributed by atoms with Gasteiger partial charge in [-0.3, -0.25) is 9.59 Å². The number of rotatable bonds is 2. The molecule has 1 aliphatic heterocycles. The molecule has 0 unspecified atom stereocenters. The van der Waals surface area contributed by atoms with Crippen LogP contribution in [0.25, 0.3) is 0 Å². The van der Waals surface area contributed by atoms with Crippen LogP contribution in [0.4, 0.5) is 0 Å². The third kappa shape index (κ3) is 3.71. The van der Waals surface area contributed by atoms with Crippen molar-refractivity contribution in [3.05, 3.63) is 0 Å². The number of likely N-dealkylation sites (tertiary alicyclic amines) is 1. The summed E-state index contributed by atoms with van der Waals surface area (Å²) >= 11 is 0. The van der Waals surface area contributed by atoms with E-state index < -0.39 is 0 Å². The molecule has 0 aromatic heterocycles. The fourth-order valence-electron chi connectivity index (χ4n) is 3.12. The normalized spacial score (nSPS) is 25.7. The number of amides is 2. The first-order valence-corrected chi connectivity index (χ1v) is 7.48. The number of hydrogen-bond donors (Lipinski definition) is 1. The molecule has 1 saturated heterocycles. The first-order chi connectivity index (χ1) is 8.87. The summed E-state index contributed by atoms with van der Waals surface area (Å²) in [5.41, 5.74) is -0.224. The summed E-state index contributed by atoms with van der Waals surface area (Å²) in [7, 11) is 0. The molecule has 1 heterocycles. The standard InChI is InChI=1S/C15H26N2O2/c1-15(2,3)16-14(19)11-9-13(18)17(10-11)12-7-5-4-6-8-12/h11-12H,4-10H2,1-3H3,(H,16,19)/t11-/m1/s1. The molecule has 4 nitrogen and oxygen atoms in total. The summed E-state index contributed by atoms with van der Waals surface area (Å²) in [6, 6.07) is 0.383. The van der Waals surface area contributed by atoms with Crippen molar-refractivity contribution in [3.8, 4) is 0 Å². The predicted molar refractivity (Wildman–Crippen MR) is 74.6 cm³/mol. The van der Waals surface area contributed by atoms with Crippen molar-refractivity contribution < 1.29 is 9.59 Å². The Bertz CT molecular complexity index is 354. The summed E-state index contributed by atoms with van der Waals surface area (Å²) < 4.78 is 0. The Hall–Kier alpha value is -1.06. The van der Waals surface area contributed by atoms with Gasteiger partial charge in [0.05, 0.1) is 5.92 Å². The van der Waals surface area contributed by atoms with E-state index in [-0.39, 0.29) is 23.3 Å². The predicted octanol–water partition coefficient (Wildman–Crippen LogP) is 2.08.